The maximum atomic E-state index is 13.1. The maximum Gasteiger partial charge on any atom is 0.313 e. The number of hydrogen-bond donors (Lipinski definition) is 0. The third kappa shape index (κ3) is 2.76. The molecule has 0 aliphatic rings. The van der Waals surface area contributed by atoms with Gasteiger partial charge in [0.05, 0.1) is 13.0 Å². The third-order valence-electron chi connectivity index (χ3n) is 1.90. The number of carbonyl (C=O) groups is 1. The van der Waals surface area contributed by atoms with Crippen molar-refractivity contribution in [3.63, 3.8) is 0 Å². The van der Waals surface area contributed by atoms with Gasteiger partial charge in [0, 0.05) is 7.11 Å². The van der Waals surface area contributed by atoms with Crippen LogP contribution < -0.4 is 4.74 Å². The molecule has 0 amide bonds. The van der Waals surface area contributed by atoms with Crippen molar-refractivity contribution in [2.75, 3.05) is 13.7 Å². The standard InChI is InChI=1S/C10H7F5O3/c1-17-3-2-4(16)18-10-8(14)6(12)5(11)7(13)9(10)15/h2-3H2,1H3. The molecule has 100 valence electrons. The Morgan fingerprint density at radius 3 is 1.83 bits per heavy atom. The number of ether oxygens (including phenoxy) is 2. The first-order valence-corrected chi connectivity index (χ1v) is 4.61. The van der Waals surface area contributed by atoms with E-state index in [0.717, 1.165) is 0 Å². The van der Waals surface area contributed by atoms with E-state index >= 15 is 0 Å². The van der Waals surface area contributed by atoms with Gasteiger partial charge in [0.1, 0.15) is 0 Å². The lowest BCUT2D eigenvalue weighted by molar-refractivity contribution is -0.135. The Labute approximate surface area is 98.1 Å². The van der Waals surface area contributed by atoms with E-state index < -0.39 is 47.2 Å². The van der Waals surface area contributed by atoms with Gasteiger partial charge in [-0.25, -0.2) is 13.2 Å². The number of halogens is 5. The van der Waals surface area contributed by atoms with Gasteiger partial charge in [-0.15, -0.1) is 0 Å². The van der Waals surface area contributed by atoms with Crippen molar-refractivity contribution in [3.8, 4) is 5.75 Å². The van der Waals surface area contributed by atoms with E-state index in [-0.39, 0.29) is 6.61 Å². The van der Waals surface area contributed by atoms with Crippen molar-refractivity contribution in [2.24, 2.45) is 0 Å². The van der Waals surface area contributed by atoms with E-state index in [1.165, 1.54) is 7.11 Å². The molecule has 1 aromatic rings. The average molecular weight is 270 g/mol. The quantitative estimate of drug-likeness (QED) is 0.277. The van der Waals surface area contributed by atoms with Crippen LogP contribution in [0, 0.1) is 29.1 Å². The van der Waals surface area contributed by atoms with Crippen LogP contribution in [0.15, 0.2) is 0 Å². The molecule has 8 heteroatoms. The summed E-state index contributed by atoms with van der Waals surface area (Å²) in [5.41, 5.74) is 0. The Balaban J connectivity index is 3.06. The number of benzene rings is 1. The fourth-order valence-electron chi connectivity index (χ4n) is 1.02. The normalized spacial score (nSPS) is 10.6. The molecule has 0 fully saturated rings. The van der Waals surface area contributed by atoms with Crippen LogP contribution in [0.5, 0.6) is 5.75 Å². The van der Waals surface area contributed by atoms with Crippen LogP contribution in [0.25, 0.3) is 0 Å². The van der Waals surface area contributed by atoms with Crippen molar-refractivity contribution in [2.45, 2.75) is 6.42 Å². The number of hydrogen-bond acceptors (Lipinski definition) is 3. The first-order valence-electron chi connectivity index (χ1n) is 4.61. The van der Waals surface area contributed by atoms with E-state index in [0.29, 0.717) is 0 Å². The van der Waals surface area contributed by atoms with E-state index in [9.17, 15) is 26.7 Å². The molecular weight excluding hydrogens is 263 g/mol. The van der Waals surface area contributed by atoms with Gasteiger partial charge in [-0.3, -0.25) is 4.79 Å². The molecule has 0 aliphatic heterocycles. The molecule has 1 rings (SSSR count). The summed E-state index contributed by atoms with van der Waals surface area (Å²) in [6.45, 7) is -0.117. The van der Waals surface area contributed by atoms with Gasteiger partial charge in [-0.05, 0) is 0 Å². The highest BCUT2D eigenvalue weighted by atomic mass is 19.2. The van der Waals surface area contributed by atoms with Crippen LogP contribution >= 0.6 is 0 Å². The van der Waals surface area contributed by atoms with Crippen molar-refractivity contribution in [3.05, 3.63) is 29.1 Å². The number of methoxy groups -OCH3 is 1. The zero-order valence-electron chi connectivity index (χ0n) is 9.03. The average Bonchev–Trinajstić information content (AvgIpc) is 2.36. The molecule has 0 N–H and O–H groups in total. The van der Waals surface area contributed by atoms with Gasteiger partial charge in [-0.1, -0.05) is 0 Å². The molecule has 0 radical (unpaired) electrons. The number of rotatable bonds is 4. The van der Waals surface area contributed by atoms with Crippen molar-refractivity contribution >= 4 is 5.97 Å². The van der Waals surface area contributed by atoms with Crippen molar-refractivity contribution in [1.82, 2.24) is 0 Å². The van der Waals surface area contributed by atoms with Crippen molar-refractivity contribution in [1.29, 1.82) is 0 Å². The second-order valence-electron chi connectivity index (χ2n) is 3.12. The molecule has 0 atom stereocenters. The number of esters is 1. The number of carbonyl (C=O) groups excluding carboxylic acids is 1. The Morgan fingerprint density at radius 2 is 1.39 bits per heavy atom. The van der Waals surface area contributed by atoms with Gasteiger partial charge in [-0.2, -0.15) is 8.78 Å². The van der Waals surface area contributed by atoms with Gasteiger partial charge < -0.3 is 9.47 Å². The Kier molecular flexibility index (Phi) is 4.60. The fourth-order valence-corrected chi connectivity index (χ4v) is 1.02. The molecule has 1 aromatic carbocycles. The zero-order valence-corrected chi connectivity index (χ0v) is 9.03. The smallest absolute Gasteiger partial charge is 0.313 e. The van der Waals surface area contributed by atoms with Crippen molar-refractivity contribution < 1.29 is 36.2 Å². The summed E-state index contributed by atoms with van der Waals surface area (Å²) in [7, 11) is 1.26. The lowest BCUT2D eigenvalue weighted by Crippen LogP contribution is -2.14. The monoisotopic (exact) mass is 270 g/mol. The lowest BCUT2D eigenvalue weighted by atomic mass is 10.2. The minimum absolute atomic E-state index is 0.117. The summed E-state index contributed by atoms with van der Waals surface area (Å²) >= 11 is 0. The molecule has 0 aromatic heterocycles. The second kappa shape index (κ2) is 5.76. The Bertz CT molecular complexity index is 446. The van der Waals surface area contributed by atoms with E-state index in [4.69, 9.17) is 0 Å². The first-order chi connectivity index (χ1) is 8.40. The van der Waals surface area contributed by atoms with Gasteiger partial charge in [0.2, 0.25) is 34.8 Å². The summed E-state index contributed by atoms with van der Waals surface area (Å²) in [5, 5.41) is 0. The van der Waals surface area contributed by atoms with Crippen LogP contribution in [-0.2, 0) is 9.53 Å². The minimum atomic E-state index is -2.32. The van der Waals surface area contributed by atoms with E-state index in [2.05, 4.69) is 9.47 Å². The summed E-state index contributed by atoms with van der Waals surface area (Å²) in [6, 6.07) is 0. The Morgan fingerprint density at radius 1 is 0.944 bits per heavy atom. The molecule has 0 aliphatic carbocycles. The molecule has 18 heavy (non-hydrogen) atoms. The molecule has 0 heterocycles. The minimum Gasteiger partial charge on any atom is -0.420 e. The van der Waals surface area contributed by atoms with Crippen LogP contribution in [0.4, 0.5) is 22.0 Å². The summed E-state index contributed by atoms with van der Waals surface area (Å²) in [5.74, 6) is -13.9. The highest BCUT2D eigenvalue weighted by molar-refractivity contribution is 5.72. The van der Waals surface area contributed by atoms with Crippen LogP contribution in [-0.4, -0.2) is 19.7 Å². The third-order valence-corrected chi connectivity index (χ3v) is 1.90. The molecule has 0 saturated heterocycles. The highest BCUT2D eigenvalue weighted by Crippen LogP contribution is 2.29. The lowest BCUT2D eigenvalue weighted by Gasteiger charge is -2.08. The summed E-state index contributed by atoms with van der Waals surface area (Å²) in [4.78, 5) is 11.0. The topological polar surface area (TPSA) is 35.5 Å². The van der Waals surface area contributed by atoms with E-state index in [1.54, 1.807) is 0 Å². The van der Waals surface area contributed by atoms with E-state index in [1.807, 2.05) is 0 Å². The SMILES string of the molecule is COCCC(=O)Oc1c(F)c(F)c(F)c(F)c1F. The predicted molar refractivity (Wildman–Crippen MR) is 48.4 cm³/mol. The van der Waals surface area contributed by atoms with Crippen LogP contribution in [0.1, 0.15) is 6.42 Å². The maximum absolute atomic E-state index is 13.1. The molecule has 0 bridgehead atoms. The Hall–Kier alpha value is -1.70. The molecule has 0 saturated carbocycles. The second-order valence-corrected chi connectivity index (χ2v) is 3.12. The fraction of sp³-hybridized carbons (Fsp3) is 0.300. The zero-order chi connectivity index (χ0) is 13.9. The molecule has 0 spiro atoms. The van der Waals surface area contributed by atoms with Gasteiger partial charge in [0.15, 0.2) is 0 Å². The summed E-state index contributed by atoms with van der Waals surface area (Å²) < 4.78 is 72.8. The van der Waals surface area contributed by atoms with Crippen LogP contribution in [0.3, 0.4) is 0 Å². The van der Waals surface area contributed by atoms with Crippen LogP contribution in [0.2, 0.25) is 0 Å². The largest absolute Gasteiger partial charge is 0.420 e. The predicted octanol–water partition coefficient (Wildman–Crippen LogP) is 2.32. The van der Waals surface area contributed by atoms with Gasteiger partial charge in [0.25, 0.3) is 0 Å². The molecule has 3 nitrogen and oxygen atoms in total. The van der Waals surface area contributed by atoms with Gasteiger partial charge >= 0.3 is 5.97 Å². The highest BCUT2D eigenvalue weighted by Gasteiger charge is 2.28. The first kappa shape index (κ1) is 14.4. The summed E-state index contributed by atoms with van der Waals surface area (Å²) in [6.07, 6.45) is -0.393. The molecule has 0 unspecified atom stereocenters. The molecular formula is C10H7F5O3.